The number of nitrogens with zero attached hydrogens (tertiary/aromatic N) is 2. The van der Waals surface area contributed by atoms with E-state index >= 15 is 0 Å². The molecule has 1 N–H and O–H groups in total. The van der Waals surface area contributed by atoms with Gasteiger partial charge in [-0.3, -0.25) is 4.79 Å². The minimum absolute atomic E-state index is 0.0688. The maximum Gasteiger partial charge on any atom is 0.236 e. The van der Waals surface area contributed by atoms with Crippen LogP contribution in [0.3, 0.4) is 0 Å². The monoisotopic (exact) mass is 271 g/mol. The van der Waals surface area contributed by atoms with Crippen LogP contribution in [0.2, 0.25) is 0 Å². The van der Waals surface area contributed by atoms with Crippen molar-refractivity contribution >= 4 is 17.2 Å². The van der Waals surface area contributed by atoms with Crippen LogP contribution >= 0.6 is 11.3 Å². The smallest absolute Gasteiger partial charge is 0.236 e. The number of ether oxygens (including phenoxy) is 1. The maximum atomic E-state index is 11.8. The number of amides is 1. The minimum Gasteiger partial charge on any atom is -0.383 e. The van der Waals surface area contributed by atoms with Crippen LogP contribution in [0.1, 0.15) is 16.8 Å². The molecule has 18 heavy (non-hydrogen) atoms. The average Bonchev–Trinajstić information content (AvgIpc) is 2.82. The van der Waals surface area contributed by atoms with Gasteiger partial charge in [-0.05, 0) is 6.42 Å². The molecule has 6 heteroatoms. The highest BCUT2D eigenvalue weighted by Crippen LogP contribution is 2.14. The lowest BCUT2D eigenvalue weighted by molar-refractivity contribution is -0.129. The number of rotatable bonds is 8. The van der Waals surface area contributed by atoms with Gasteiger partial charge in [0.1, 0.15) is 5.01 Å². The van der Waals surface area contributed by atoms with Crippen LogP contribution < -0.4 is 5.32 Å². The van der Waals surface area contributed by atoms with Gasteiger partial charge in [0.2, 0.25) is 5.91 Å². The van der Waals surface area contributed by atoms with Gasteiger partial charge in [-0.15, -0.1) is 11.3 Å². The number of aryl methyl sites for hydroxylation is 1. The van der Waals surface area contributed by atoms with Gasteiger partial charge in [0.15, 0.2) is 0 Å². The van der Waals surface area contributed by atoms with Crippen LogP contribution in [0.4, 0.5) is 0 Å². The molecule has 1 aromatic heterocycles. The lowest BCUT2D eigenvalue weighted by Gasteiger charge is -2.15. The third-order valence-electron chi connectivity index (χ3n) is 2.51. The molecule has 0 saturated heterocycles. The number of nitrogens with one attached hydrogen (secondary N) is 1. The van der Waals surface area contributed by atoms with Gasteiger partial charge in [0.05, 0.1) is 19.7 Å². The quantitative estimate of drug-likeness (QED) is 0.714. The lowest BCUT2D eigenvalue weighted by Crippen LogP contribution is -2.36. The predicted molar refractivity (Wildman–Crippen MR) is 72.7 cm³/mol. The fourth-order valence-corrected chi connectivity index (χ4v) is 2.30. The summed E-state index contributed by atoms with van der Waals surface area (Å²) in [6.45, 7) is 4.32. The zero-order valence-electron chi connectivity index (χ0n) is 11.2. The molecule has 1 heterocycles. The van der Waals surface area contributed by atoms with Crippen LogP contribution in [0, 0.1) is 0 Å². The molecule has 0 spiro atoms. The number of hydrogen-bond acceptors (Lipinski definition) is 5. The first-order valence-electron chi connectivity index (χ1n) is 6.04. The highest BCUT2D eigenvalue weighted by atomic mass is 32.1. The van der Waals surface area contributed by atoms with Gasteiger partial charge in [-0.1, -0.05) is 6.92 Å². The highest BCUT2D eigenvalue weighted by molar-refractivity contribution is 7.11. The van der Waals surface area contributed by atoms with E-state index in [1.807, 2.05) is 6.20 Å². The summed E-state index contributed by atoms with van der Waals surface area (Å²) >= 11 is 1.67. The summed E-state index contributed by atoms with van der Waals surface area (Å²) in [7, 11) is 3.44. The molecular weight excluding hydrogens is 250 g/mol. The van der Waals surface area contributed by atoms with Crippen LogP contribution in [0.15, 0.2) is 6.20 Å². The number of hydrogen-bond donors (Lipinski definition) is 1. The molecule has 102 valence electrons. The molecule has 0 saturated carbocycles. The van der Waals surface area contributed by atoms with Crippen LogP contribution in [-0.2, 0) is 22.5 Å². The van der Waals surface area contributed by atoms with Crippen LogP contribution in [0.25, 0.3) is 0 Å². The van der Waals surface area contributed by atoms with Crippen molar-refractivity contribution in [2.24, 2.45) is 0 Å². The summed E-state index contributed by atoms with van der Waals surface area (Å²) in [5.41, 5.74) is 0. The Balaban J connectivity index is 2.30. The summed E-state index contributed by atoms with van der Waals surface area (Å²) in [5.74, 6) is 0.0688. The van der Waals surface area contributed by atoms with Gasteiger partial charge in [-0.25, -0.2) is 4.98 Å². The van der Waals surface area contributed by atoms with Gasteiger partial charge in [0.25, 0.3) is 0 Å². The first kappa shape index (κ1) is 15.1. The summed E-state index contributed by atoms with van der Waals surface area (Å²) in [5, 5.41) is 4.02. The van der Waals surface area contributed by atoms with Crippen molar-refractivity contribution in [1.82, 2.24) is 15.2 Å². The Bertz CT molecular complexity index is 368. The molecule has 0 aliphatic heterocycles. The molecule has 0 aromatic carbocycles. The molecule has 0 bridgehead atoms. The van der Waals surface area contributed by atoms with Crippen molar-refractivity contribution in [2.45, 2.75) is 19.9 Å². The van der Waals surface area contributed by atoms with E-state index in [-0.39, 0.29) is 5.91 Å². The first-order chi connectivity index (χ1) is 8.67. The van der Waals surface area contributed by atoms with Gasteiger partial charge >= 0.3 is 0 Å². The number of likely N-dealkylation sites (N-methyl/N-ethyl adjacent to an activating group) is 1. The Morgan fingerprint density at radius 1 is 1.61 bits per heavy atom. The second-order valence-electron chi connectivity index (χ2n) is 3.99. The third kappa shape index (κ3) is 5.12. The van der Waals surface area contributed by atoms with Gasteiger partial charge in [0, 0.05) is 31.8 Å². The Hall–Kier alpha value is -0.980. The zero-order chi connectivity index (χ0) is 13.4. The molecule has 1 aromatic rings. The lowest BCUT2D eigenvalue weighted by atomic mass is 10.4. The van der Waals surface area contributed by atoms with E-state index in [1.165, 1.54) is 4.88 Å². The Morgan fingerprint density at radius 2 is 2.39 bits per heavy atom. The number of aromatic nitrogens is 1. The van der Waals surface area contributed by atoms with E-state index in [0.717, 1.165) is 11.4 Å². The second-order valence-corrected chi connectivity index (χ2v) is 5.19. The maximum absolute atomic E-state index is 11.8. The molecule has 1 rings (SSSR count). The molecule has 0 unspecified atom stereocenters. The molecule has 0 aliphatic rings. The molecule has 0 fully saturated rings. The van der Waals surface area contributed by atoms with Crippen molar-refractivity contribution in [1.29, 1.82) is 0 Å². The van der Waals surface area contributed by atoms with E-state index < -0.39 is 0 Å². The van der Waals surface area contributed by atoms with Crippen molar-refractivity contribution in [3.63, 3.8) is 0 Å². The normalized spacial score (nSPS) is 10.6. The average molecular weight is 271 g/mol. The summed E-state index contributed by atoms with van der Waals surface area (Å²) in [6, 6.07) is 0. The minimum atomic E-state index is 0.0688. The Kier molecular flexibility index (Phi) is 6.85. The zero-order valence-corrected chi connectivity index (χ0v) is 12.0. The molecule has 0 atom stereocenters. The number of thiazole rings is 1. The van der Waals surface area contributed by atoms with Gasteiger partial charge < -0.3 is 15.0 Å². The predicted octanol–water partition coefficient (Wildman–Crippen LogP) is 0.900. The fourth-order valence-electron chi connectivity index (χ4n) is 1.38. The topological polar surface area (TPSA) is 54.5 Å². The third-order valence-corrected chi connectivity index (χ3v) is 3.63. The largest absolute Gasteiger partial charge is 0.383 e. The second kappa shape index (κ2) is 8.18. The molecule has 0 radical (unpaired) electrons. The molecule has 1 amide bonds. The molecule has 0 aliphatic carbocycles. The Morgan fingerprint density at radius 3 is 3.00 bits per heavy atom. The van der Waals surface area contributed by atoms with E-state index in [0.29, 0.717) is 26.2 Å². The van der Waals surface area contributed by atoms with Gasteiger partial charge in [-0.2, -0.15) is 0 Å². The van der Waals surface area contributed by atoms with Crippen molar-refractivity contribution in [3.05, 3.63) is 16.1 Å². The standard InChI is InChI=1S/C12H21N3O2S/c1-4-10-7-14-11(18-10)9-15(2)12(16)8-13-5-6-17-3/h7,13H,4-6,8-9H2,1-3H3. The summed E-state index contributed by atoms with van der Waals surface area (Å²) in [4.78, 5) is 19.0. The number of methoxy groups -OCH3 is 1. The van der Waals surface area contributed by atoms with Crippen molar-refractivity contribution in [3.8, 4) is 0 Å². The highest BCUT2D eigenvalue weighted by Gasteiger charge is 2.10. The van der Waals surface area contributed by atoms with E-state index in [4.69, 9.17) is 4.74 Å². The molecule has 5 nitrogen and oxygen atoms in total. The van der Waals surface area contributed by atoms with Crippen molar-refractivity contribution < 1.29 is 9.53 Å². The van der Waals surface area contributed by atoms with Crippen LogP contribution in [-0.4, -0.2) is 49.6 Å². The summed E-state index contributed by atoms with van der Waals surface area (Å²) in [6.07, 6.45) is 2.88. The fraction of sp³-hybridized carbons (Fsp3) is 0.667. The number of carbonyl (C=O) groups excluding carboxylic acids is 1. The SMILES string of the molecule is CCc1cnc(CN(C)C(=O)CNCCOC)s1. The molecular formula is C12H21N3O2S. The Labute approximate surface area is 112 Å². The van der Waals surface area contributed by atoms with E-state index in [1.54, 1.807) is 30.4 Å². The van der Waals surface area contributed by atoms with E-state index in [9.17, 15) is 4.79 Å². The van der Waals surface area contributed by atoms with Crippen LogP contribution in [0.5, 0.6) is 0 Å². The first-order valence-corrected chi connectivity index (χ1v) is 6.86. The number of carbonyl (C=O) groups is 1. The summed E-state index contributed by atoms with van der Waals surface area (Å²) < 4.78 is 4.90. The van der Waals surface area contributed by atoms with E-state index in [2.05, 4.69) is 17.2 Å². The van der Waals surface area contributed by atoms with Crippen molar-refractivity contribution in [2.75, 3.05) is 33.9 Å².